The Bertz CT molecular complexity index is 1230. The van der Waals surface area contributed by atoms with Gasteiger partial charge >= 0.3 is 6.18 Å². The van der Waals surface area contributed by atoms with Crippen molar-refractivity contribution in [1.82, 2.24) is 24.7 Å². The Morgan fingerprint density at radius 2 is 1.97 bits per heavy atom. The van der Waals surface area contributed by atoms with E-state index in [-0.39, 0.29) is 6.61 Å². The van der Waals surface area contributed by atoms with Gasteiger partial charge < -0.3 is 5.11 Å². The second kappa shape index (κ2) is 8.64. The average molecular weight is 445 g/mol. The SMILES string of the molecule is CSc1nccc(-c2cc3cn(CCCO)nc3nc2-c2cccc(C(F)(F)F)c2)n1. The van der Waals surface area contributed by atoms with Crippen LogP contribution in [-0.2, 0) is 12.7 Å². The minimum absolute atomic E-state index is 0.0305. The van der Waals surface area contributed by atoms with Crippen molar-refractivity contribution in [3.8, 4) is 22.5 Å². The number of aromatic nitrogens is 5. The number of thioether (sulfide) groups is 1. The number of hydrogen-bond donors (Lipinski definition) is 1. The minimum atomic E-state index is -4.47. The van der Waals surface area contributed by atoms with E-state index >= 15 is 0 Å². The summed E-state index contributed by atoms with van der Waals surface area (Å²) in [7, 11) is 0. The van der Waals surface area contributed by atoms with E-state index in [4.69, 9.17) is 5.11 Å². The summed E-state index contributed by atoms with van der Waals surface area (Å²) in [6, 6.07) is 8.59. The summed E-state index contributed by atoms with van der Waals surface area (Å²) >= 11 is 1.37. The molecule has 3 heterocycles. The normalized spacial score (nSPS) is 11.9. The number of hydrogen-bond acceptors (Lipinski definition) is 6. The zero-order valence-corrected chi connectivity index (χ0v) is 17.3. The Morgan fingerprint density at radius 1 is 1.13 bits per heavy atom. The predicted octanol–water partition coefficient (Wildman–Crippen LogP) is 4.68. The molecular weight excluding hydrogens is 427 g/mol. The predicted molar refractivity (Wildman–Crippen MR) is 112 cm³/mol. The third-order valence-corrected chi connectivity index (χ3v) is 5.20. The van der Waals surface area contributed by atoms with Gasteiger partial charge in [-0.25, -0.2) is 15.0 Å². The number of aryl methyl sites for hydroxylation is 1. The van der Waals surface area contributed by atoms with Gasteiger partial charge in [-0.3, -0.25) is 4.68 Å². The van der Waals surface area contributed by atoms with Crippen molar-refractivity contribution in [2.75, 3.05) is 12.9 Å². The highest BCUT2D eigenvalue weighted by Crippen LogP contribution is 2.36. The summed E-state index contributed by atoms with van der Waals surface area (Å²) in [6.45, 7) is 0.536. The average Bonchev–Trinajstić information content (AvgIpc) is 3.18. The van der Waals surface area contributed by atoms with E-state index in [1.807, 2.05) is 12.3 Å². The van der Waals surface area contributed by atoms with E-state index in [1.165, 1.54) is 17.8 Å². The van der Waals surface area contributed by atoms with Crippen molar-refractivity contribution < 1.29 is 18.3 Å². The first-order valence-electron chi connectivity index (χ1n) is 9.43. The smallest absolute Gasteiger partial charge is 0.396 e. The molecule has 31 heavy (non-hydrogen) atoms. The first-order valence-corrected chi connectivity index (χ1v) is 10.7. The van der Waals surface area contributed by atoms with Crippen LogP contribution >= 0.6 is 11.8 Å². The molecule has 6 nitrogen and oxygen atoms in total. The molecule has 0 radical (unpaired) electrons. The number of benzene rings is 1. The molecule has 0 bridgehead atoms. The van der Waals surface area contributed by atoms with Crippen LogP contribution in [0, 0.1) is 0 Å². The summed E-state index contributed by atoms with van der Waals surface area (Å²) < 4.78 is 41.6. The maximum Gasteiger partial charge on any atom is 0.416 e. The van der Waals surface area contributed by atoms with Crippen LogP contribution in [0.25, 0.3) is 33.5 Å². The van der Waals surface area contributed by atoms with Crippen LogP contribution in [0.1, 0.15) is 12.0 Å². The number of fused-ring (bicyclic) bond motifs is 1. The summed E-state index contributed by atoms with van der Waals surface area (Å²) in [5, 5.41) is 14.8. The molecule has 0 aliphatic carbocycles. The highest BCUT2D eigenvalue weighted by molar-refractivity contribution is 7.98. The van der Waals surface area contributed by atoms with Gasteiger partial charge in [0.1, 0.15) is 0 Å². The highest BCUT2D eigenvalue weighted by Gasteiger charge is 2.31. The lowest BCUT2D eigenvalue weighted by molar-refractivity contribution is -0.137. The van der Waals surface area contributed by atoms with Gasteiger partial charge in [0, 0.05) is 42.1 Å². The van der Waals surface area contributed by atoms with Crippen LogP contribution in [0.2, 0.25) is 0 Å². The molecule has 0 saturated heterocycles. The third kappa shape index (κ3) is 4.54. The second-order valence-corrected chi connectivity index (χ2v) is 7.55. The molecule has 0 fully saturated rings. The number of aliphatic hydroxyl groups is 1. The molecule has 0 saturated carbocycles. The third-order valence-electron chi connectivity index (χ3n) is 4.64. The summed E-state index contributed by atoms with van der Waals surface area (Å²) in [6.07, 6.45) is 1.32. The van der Waals surface area contributed by atoms with Crippen LogP contribution in [-0.4, -0.2) is 42.7 Å². The molecule has 10 heteroatoms. The van der Waals surface area contributed by atoms with E-state index in [9.17, 15) is 13.2 Å². The fourth-order valence-corrected chi connectivity index (χ4v) is 3.56. The number of halogens is 3. The molecule has 0 spiro atoms. The van der Waals surface area contributed by atoms with E-state index in [0.717, 1.165) is 17.5 Å². The van der Waals surface area contributed by atoms with Gasteiger partial charge in [-0.05, 0) is 36.9 Å². The largest absolute Gasteiger partial charge is 0.416 e. The number of aliphatic hydroxyl groups excluding tert-OH is 1. The molecule has 0 atom stereocenters. The zero-order chi connectivity index (χ0) is 22.0. The Balaban J connectivity index is 1.93. The maximum atomic E-state index is 13.3. The van der Waals surface area contributed by atoms with Crippen molar-refractivity contribution in [2.24, 2.45) is 0 Å². The van der Waals surface area contributed by atoms with Crippen molar-refractivity contribution >= 4 is 22.8 Å². The summed E-state index contributed by atoms with van der Waals surface area (Å²) in [5.41, 5.74) is 1.49. The van der Waals surface area contributed by atoms with E-state index < -0.39 is 11.7 Å². The van der Waals surface area contributed by atoms with Crippen molar-refractivity contribution in [3.05, 3.63) is 54.4 Å². The molecule has 1 aromatic carbocycles. The second-order valence-electron chi connectivity index (χ2n) is 6.77. The van der Waals surface area contributed by atoms with Crippen LogP contribution in [0.4, 0.5) is 13.2 Å². The monoisotopic (exact) mass is 445 g/mol. The van der Waals surface area contributed by atoms with Gasteiger partial charge in [0.2, 0.25) is 0 Å². The van der Waals surface area contributed by atoms with E-state index in [1.54, 1.807) is 29.2 Å². The number of alkyl halides is 3. The standard InChI is InChI=1S/C21H18F3N5OS/c1-31-20-25-7-6-17(26-20)16-11-14-12-29(8-3-9-30)28-19(14)27-18(16)13-4-2-5-15(10-13)21(22,23)24/h2,4-7,10-12,30H,3,8-9H2,1H3. The van der Waals surface area contributed by atoms with E-state index in [2.05, 4.69) is 20.1 Å². The zero-order valence-electron chi connectivity index (χ0n) is 16.5. The quantitative estimate of drug-likeness (QED) is 0.343. The first-order chi connectivity index (χ1) is 14.9. The lowest BCUT2D eigenvalue weighted by atomic mass is 10.0. The van der Waals surface area contributed by atoms with Crippen molar-refractivity contribution in [3.63, 3.8) is 0 Å². The van der Waals surface area contributed by atoms with Crippen LogP contribution < -0.4 is 0 Å². The highest BCUT2D eigenvalue weighted by atomic mass is 32.2. The Labute approximate surface area is 180 Å². The van der Waals surface area contributed by atoms with Gasteiger partial charge in [-0.15, -0.1) is 0 Å². The molecule has 4 aromatic rings. The van der Waals surface area contributed by atoms with Crippen molar-refractivity contribution in [1.29, 1.82) is 0 Å². The molecule has 0 unspecified atom stereocenters. The molecule has 160 valence electrons. The minimum Gasteiger partial charge on any atom is -0.396 e. The topological polar surface area (TPSA) is 76.7 Å². The van der Waals surface area contributed by atoms with Gasteiger partial charge in [0.15, 0.2) is 10.8 Å². The molecule has 1 N–H and O–H groups in total. The lowest BCUT2D eigenvalue weighted by Gasteiger charge is -2.12. The molecular formula is C21H18F3N5OS. The van der Waals surface area contributed by atoms with Crippen LogP contribution in [0.3, 0.4) is 0 Å². The number of rotatable bonds is 6. The lowest BCUT2D eigenvalue weighted by Crippen LogP contribution is -2.05. The first kappa shape index (κ1) is 21.3. The van der Waals surface area contributed by atoms with Gasteiger partial charge in [-0.2, -0.15) is 18.3 Å². The molecule has 0 amide bonds. The summed E-state index contributed by atoms with van der Waals surface area (Å²) in [4.78, 5) is 13.3. The fraction of sp³-hybridized carbons (Fsp3) is 0.238. The fourth-order valence-electron chi connectivity index (χ4n) is 3.20. The Kier molecular flexibility index (Phi) is 5.92. The van der Waals surface area contributed by atoms with Crippen LogP contribution in [0.5, 0.6) is 0 Å². The summed E-state index contributed by atoms with van der Waals surface area (Å²) in [5.74, 6) is 0. The van der Waals surface area contributed by atoms with Gasteiger partial charge in [0.25, 0.3) is 0 Å². The number of pyridine rings is 1. The maximum absolute atomic E-state index is 13.3. The molecule has 4 rings (SSSR count). The number of nitrogens with zero attached hydrogens (tertiary/aromatic N) is 5. The van der Waals surface area contributed by atoms with Crippen LogP contribution in [0.15, 0.2) is 53.9 Å². The molecule has 3 aromatic heterocycles. The Hall–Kier alpha value is -2.98. The van der Waals surface area contributed by atoms with Crippen molar-refractivity contribution in [2.45, 2.75) is 24.3 Å². The van der Waals surface area contributed by atoms with Gasteiger partial charge in [-0.1, -0.05) is 23.9 Å². The van der Waals surface area contributed by atoms with Gasteiger partial charge in [0.05, 0.1) is 17.0 Å². The molecule has 0 aliphatic heterocycles. The molecule has 0 aliphatic rings. The van der Waals surface area contributed by atoms with E-state index in [0.29, 0.717) is 46.3 Å². The Morgan fingerprint density at radius 3 is 2.71 bits per heavy atom.